The van der Waals surface area contributed by atoms with Crippen LogP contribution in [0.25, 0.3) is 0 Å². The van der Waals surface area contributed by atoms with E-state index in [2.05, 4.69) is 23.5 Å². The maximum Gasteiger partial charge on any atom is 0.113 e. The molecule has 0 saturated heterocycles. The van der Waals surface area contributed by atoms with Crippen LogP contribution in [0.3, 0.4) is 0 Å². The molecule has 92 valence electrons. The van der Waals surface area contributed by atoms with Gasteiger partial charge in [0.1, 0.15) is 5.76 Å². The van der Waals surface area contributed by atoms with Crippen molar-refractivity contribution in [1.82, 2.24) is 5.32 Å². The van der Waals surface area contributed by atoms with Crippen molar-refractivity contribution in [1.29, 1.82) is 0 Å². The number of halogens is 1. The number of nitrogens with one attached hydrogen (secondary N) is 1. The van der Waals surface area contributed by atoms with Crippen LogP contribution < -0.4 is 5.32 Å². The minimum atomic E-state index is 0.131. The van der Waals surface area contributed by atoms with Crippen LogP contribution >= 0.6 is 11.6 Å². The SMILES string of the molecule is CNC(C1=CCCCO1)c1ccc(Cl)c(C)c1. The van der Waals surface area contributed by atoms with Gasteiger partial charge in [0, 0.05) is 5.02 Å². The van der Waals surface area contributed by atoms with Crippen LogP contribution in [-0.2, 0) is 4.74 Å². The summed E-state index contributed by atoms with van der Waals surface area (Å²) in [5, 5.41) is 4.11. The van der Waals surface area contributed by atoms with Gasteiger partial charge in [0.05, 0.1) is 12.6 Å². The Hall–Kier alpha value is -0.990. The Labute approximate surface area is 108 Å². The molecule has 1 heterocycles. The van der Waals surface area contributed by atoms with Crippen molar-refractivity contribution >= 4 is 11.6 Å². The minimum Gasteiger partial charge on any atom is -0.496 e. The maximum absolute atomic E-state index is 6.05. The highest BCUT2D eigenvalue weighted by atomic mass is 35.5. The number of benzene rings is 1. The first-order valence-corrected chi connectivity index (χ1v) is 6.36. The molecule has 1 atom stereocenters. The molecule has 2 rings (SSSR count). The standard InChI is InChI=1S/C14H18ClNO/c1-10-9-11(6-7-12(10)15)14(16-2)13-5-3-4-8-17-13/h5-7,9,14,16H,3-4,8H2,1-2H3. The summed E-state index contributed by atoms with van der Waals surface area (Å²) in [4.78, 5) is 0. The second kappa shape index (κ2) is 5.56. The van der Waals surface area contributed by atoms with Crippen molar-refractivity contribution < 1.29 is 4.74 Å². The molecule has 1 N–H and O–H groups in total. The lowest BCUT2D eigenvalue weighted by molar-refractivity contribution is 0.169. The summed E-state index contributed by atoms with van der Waals surface area (Å²) in [5.74, 6) is 1.03. The zero-order valence-electron chi connectivity index (χ0n) is 10.3. The van der Waals surface area contributed by atoms with E-state index in [9.17, 15) is 0 Å². The van der Waals surface area contributed by atoms with E-state index in [-0.39, 0.29) is 6.04 Å². The first kappa shape index (κ1) is 12.5. The molecule has 1 aliphatic heterocycles. The molecule has 0 bridgehead atoms. The van der Waals surface area contributed by atoms with Gasteiger partial charge in [0.15, 0.2) is 0 Å². The molecule has 1 aliphatic rings. The van der Waals surface area contributed by atoms with Gasteiger partial charge in [0.2, 0.25) is 0 Å². The monoisotopic (exact) mass is 251 g/mol. The number of ether oxygens (including phenoxy) is 1. The zero-order chi connectivity index (χ0) is 12.3. The van der Waals surface area contributed by atoms with Gasteiger partial charge in [0.25, 0.3) is 0 Å². The van der Waals surface area contributed by atoms with Crippen molar-refractivity contribution in [2.45, 2.75) is 25.8 Å². The van der Waals surface area contributed by atoms with Gasteiger partial charge in [-0.3, -0.25) is 0 Å². The van der Waals surface area contributed by atoms with E-state index in [0.717, 1.165) is 35.8 Å². The van der Waals surface area contributed by atoms with Crippen LogP contribution in [0.2, 0.25) is 5.02 Å². The predicted molar refractivity (Wildman–Crippen MR) is 71.3 cm³/mol. The minimum absolute atomic E-state index is 0.131. The highest BCUT2D eigenvalue weighted by Gasteiger charge is 2.18. The Morgan fingerprint density at radius 3 is 2.82 bits per heavy atom. The summed E-state index contributed by atoms with van der Waals surface area (Å²) in [6.07, 6.45) is 4.38. The van der Waals surface area contributed by atoms with Crippen LogP contribution in [0, 0.1) is 6.92 Å². The first-order chi connectivity index (χ1) is 8.22. The summed E-state index contributed by atoms with van der Waals surface area (Å²) in [5.41, 5.74) is 2.29. The molecule has 1 aromatic carbocycles. The van der Waals surface area contributed by atoms with Crippen LogP contribution in [0.15, 0.2) is 30.0 Å². The van der Waals surface area contributed by atoms with Crippen LogP contribution in [0.1, 0.15) is 30.0 Å². The van der Waals surface area contributed by atoms with Gasteiger partial charge in [-0.15, -0.1) is 0 Å². The molecule has 0 radical (unpaired) electrons. The van der Waals surface area contributed by atoms with Crippen LogP contribution in [0.5, 0.6) is 0 Å². The topological polar surface area (TPSA) is 21.3 Å². The lowest BCUT2D eigenvalue weighted by Gasteiger charge is -2.24. The van der Waals surface area contributed by atoms with E-state index in [1.54, 1.807) is 0 Å². The molecule has 0 aliphatic carbocycles. The van der Waals surface area contributed by atoms with E-state index in [1.165, 1.54) is 5.56 Å². The molecule has 1 aromatic rings. The van der Waals surface area contributed by atoms with E-state index < -0.39 is 0 Å². The fourth-order valence-electron chi connectivity index (χ4n) is 2.10. The predicted octanol–water partition coefficient (Wildman–Crippen LogP) is 3.60. The Morgan fingerprint density at radius 2 is 2.24 bits per heavy atom. The quantitative estimate of drug-likeness (QED) is 0.886. The molecule has 17 heavy (non-hydrogen) atoms. The van der Waals surface area contributed by atoms with Crippen molar-refractivity contribution in [2.24, 2.45) is 0 Å². The normalized spacial score (nSPS) is 17.2. The van der Waals surface area contributed by atoms with E-state index in [4.69, 9.17) is 16.3 Å². The molecule has 3 heteroatoms. The second-order valence-corrected chi connectivity index (χ2v) is 4.73. The third kappa shape index (κ3) is 2.82. The fourth-order valence-corrected chi connectivity index (χ4v) is 2.22. The molecule has 0 amide bonds. The number of rotatable bonds is 3. The number of allylic oxidation sites excluding steroid dienone is 1. The molecule has 0 fully saturated rings. The molecule has 0 aromatic heterocycles. The molecule has 0 spiro atoms. The third-order valence-corrected chi connectivity index (χ3v) is 3.48. The Balaban J connectivity index is 2.28. The van der Waals surface area contributed by atoms with Gasteiger partial charge in [-0.25, -0.2) is 0 Å². The van der Waals surface area contributed by atoms with E-state index in [1.807, 2.05) is 20.0 Å². The fraction of sp³-hybridized carbons (Fsp3) is 0.429. The Bertz CT molecular complexity index is 428. The van der Waals surface area contributed by atoms with Crippen LogP contribution in [0.4, 0.5) is 0 Å². The number of hydrogen-bond donors (Lipinski definition) is 1. The summed E-state index contributed by atoms with van der Waals surface area (Å²) in [7, 11) is 1.95. The molecule has 1 unspecified atom stereocenters. The smallest absolute Gasteiger partial charge is 0.113 e. The zero-order valence-corrected chi connectivity index (χ0v) is 11.1. The third-order valence-electron chi connectivity index (χ3n) is 3.05. The number of hydrogen-bond acceptors (Lipinski definition) is 2. The lowest BCUT2D eigenvalue weighted by atomic mass is 10.0. The van der Waals surface area contributed by atoms with Gasteiger partial charge < -0.3 is 10.1 Å². The molecular weight excluding hydrogens is 234 g/mol. The number of likely N-dealkylation sites (N-methyl/N-ethyl adjacent to an activating group) is 1. The average molecular weight is 252 g/mol. The Morgan fingerprint density at radius 1 is 1.41 bits per heavy atom. The summed E-state index contributed by atoms with van der Waals surface area (Å²) in [6, 6.07) is 6.24. The van der Waals surface area contributed by atoms with Gasteiger partial charge in [-0.05, 0) is 50.1 Å². The van der Waals surface area contributed by atoms with E-state index >= 15 is 0 Å². The van der Waals surface area contributed by atoms with Gasteiger partial charge in [-0.2, -0.15) is 0 Å². The summed E-state index contributed by atoms with van der Waals surface area (Å²) >= 11 is 6.05. The molecular formula is C14H18ClNO. The largest absolute Gasteiger partial charge is 0.496 e. The highest BCUT2D eigenvalue weighted by Crippen LogP contribution is 2.28. The Kier molecular flexibility index (Phi) is 4.08. The van der Waals surface area contributed by atoms with Crippen molar-refractivity contribution in [3.8, 4) is 0 Å². The maximum atomic E-state index is 6.05. The highest BCUT2D eigenvalue weighted by molar-refractivity contribution is 6.31. The first-order valence-electron chi connectivity index (χ1n) is 5.98. The van der Waals surface area contributed by atoms with Crippen molar-refractivity contribution in [2.75, 3.05) is 13.7 Å². The molecule has 0 saturated carbocycles. The summed E-state index contributed by atoms with van der Waals surface area (Å²) in [6.45, 7) is 2.84. The average Bonchev–Trinajstić information content (AvgIpc) is 2.36. The summed E-state index contributed by atoms with van der Waals surface area (Å²) < 4.78 is 5.72. The van der Waals surface area contributed by atoms with E-state index in [0.29, 0.717) is 0 Å². The van der Waals surface area contributed by atoms with Crippen LogP contribution in [-0.4, -0.2) is 13.7 Å². The van der Waals surface area contributed by atoms with Crippen molar-refractivity contribution in [3.05, 3.63) is 46.2 Å². The van der Waals surface area contributed by atoms with Gasteiger partial charge in [-0.1, -0.05) is 23.7 Å². The lowest BCUT2D eigenvalue weighted by Crippen LogP contribution is -2.22. The number of aryl methyl sites for hydroxylation is 1. The van der Waals surface area contributed by atoms with Crippen molar-refractivity contribution in [3.63, 3.8) is 0 Å². The second-order valence-electron chi connectivity index (χ2n) is 4.33. The van der Waals surface area contributed by atoms with Gasteiger partial charge >= 0.3 is 0 Å². The molecule has 2 nitrogen and oxygen atoms in total.